The maximum atomic E-state index is 12.1. The van der Waals surface area contributed by atoms with Crippen LogP contribution in [0.25, 0.3) is 0 Å². The quantitative estimate of drug-likeness (QED) is 0.735. The second-order valence-electron chi connectivity index (χ2n) is 4.97. The van der Waals surface area contributed by atoms with Crippen LogP contribution in [-0.4, -0.2) is 5.78 Å². The molecule has 1 nitrogen and oxygen atoms in total. The molecule has 1 aliphatic carbocycles. The van der Waals surface area contributed by atoms with E-state index in [0.29, 0.717) is 5.78 Å². The fraction of sp³-hybridized carbons (Fsp3) is 0.500. The summed E-state index contributed by atoms with van der Waals surface area (Å²) in [5.41, 5.74) is 2.35. The van der Waals surface area contributed by atoms with Crippen molar-refractivity contribution in [3.63, 3.8) is 0 Å². The molecule has 0 aliphatic heterocycles. The highest BCUT2D eigenvalue weighted by molar-refractivity contribution is 5.94. The summed E-state index contributed by atoms with van der Waals surface area (Å²) in [6.07, 6.45) is 2.07. The van der Waals surface area contributed by atoms with E-state index in [2.05, 4.69) is 31.2 Å². The molecule has 0 amide bonds. The number of rotatable bonds is 3. The van der Waals surface area contributed by atoms with Crippen molar-refractivity contribution in [2.24, 2.45) is 5.92 Å². The van der Waals surface area contributed by atoms with Gasteiger partial charge < -0.3 is 0 Å². The van der Waals surface area contributed by atoms with Gasteiger partial charge in [-0.05, 0) is 25.3 Å². The molecule has 0 unspecified atom stereocenters. The molecule has 1 aliphatic rings. The summed E-state index contributed by atoms with van der Waals surface area (Å²) >= 11 is 0. The maximum absolute atomic E-state index is 12.1. The minimum absolute atomic E-state index is 0.123. The minimum Gasteiger partial charge on any atom is -0.298 e. The van der Waals surface area contributed by atoms with E-state index < -0.39 is 0 Å². The normalized spacial score (nSPS) is 17.9. The average Bonchev–Trinajstić information content (AvgIpc) is 2.99. The van der Waals surface area contributed by atoms with Crippen LogP contribution in [0.3, 0.4) is 0 Å². The predicted molar refractivity (Wildman–Crippen MR) is 61.9 cm³/mol. The average molecular weight is 202 g/mol. The van der Waals surface area contributed by atoms with Crippen molar-refractivity contribution >= 4 is 5.78 Å². The van der Waals surface area contributed by atoms with E-state index in [9.17, 15) is 4.79 Å². The standard InChI is InChI=1S/C14H18O/c1-10(2)13(15)14(8-9-14)12-6-4-11(3)5-7-12/h4-7,10H,8-9H2,1-3H3. The first kappa shape index (κ1) is 10.4. The molecule has 0 radical (unpaired) electrons. The highest BCUT2D eigenvalue weighted by Crippen LogP contribution is 2.50. The van der Waals surface area contributed by atoms with Crippen LogP contribution in [0.1, 0.15) is 37.8 Å². The Bertz CT molecular complexity index is 369. The summed E-state index contributed by atoms with van der Waals surface area (Å²) in [7, 11) is 0. The van der Waals surface area contributed by atoms with Crippen molar-refractivity contribution in [1.29, 1.82) is 0 Å². The van der Waals surface area contributed by atoms with Gasteiger partial charge in [0.2, 0.25) is 0 Å². The Morgan fingerprint density at radius 3 is 2.13 bits per heavy atom. The van der Waals surface area contributed by atoms with Gasteiger partial charge >= 0.3 is 0 Å². The van der Waals surface area contributed by atoms with Gasteiger partial charge in [0.25, 0.3) is 0 Å². The van der Waals surface area contributed by atoms with Crippen molar-refractivity contribution in [2.75, 3.05) is 0 Å². The SMILES string of the molecule is Cc1ccc(C2(C(=O)C(C)C)CC2)cc1. The van der Waals surface area contributed by atoms with Crippen LogP contribution in [-0.2, 0) is 10.2 Å². The highest BCUT2D eigenvalue weighted by atomic mass is 16.1. The number of aryl methyl sites for hydroxylation is 1. The zero-order chi connectivity index (χ0) is 11.1. The number of carbonyl (C=O) groups is 1. The molecule has 1 heteroatoms. The van der Waals surface area contributed by atoms with E-state index in [0.717, 1.165) is 12.8 Å². The van der Waals surface area contributed by atoms with Gasteiger partial charge in [-0.25, -0.2) is 0 Å². The number of benzene rings is 1. The third kappa shape index (κ3) is 1.71. The molecule has 0 N–H and O–H groups in total. The van der Waals surface area contributed by atoms with E-state index in [1.54, 1.807) is 0 Å². The van der Waals surface area contributed by atoms with Crippen molar-refractivity contribution in [3.8, 4) is 0 Å². The first-order valence-electron chi connectivity index (χ1n) is 5.68. The third-order valence-electron chi connectivity index (χ3n) is 3.35. The minimum atomic E-state index is -0.123. The summed E-state index contributed by atoms with van der Waals surface area (Å²) in [5.74, 6) is 0.556. The van der Waals surface area contributed by atoms with E-state index >= 15 is 0 Å². The van der Waals surface area contributed by atoms with Crippen molar-refractivity contribution in [1.82, 2.24) is 0 Å². The third-order valence-corrected chi connectivity index (χ3v) is 3.35. The van der Waals surface area contributed by atoms with E-state index in [-0.39, 0.29) is 11.3 Å². The molecule has 1 aromatic carbocycles. The fourth-order valence-corrected chi connectivity index (χ4v) is 2.23. The van der Waals surface area contributed by atoms with Crippen LogP contribution in [0.5, 0.6) is 0 Å². The summed E-state index contributed by atoms with van der Waals surface area (Å²) < 4.78 is 0. The lowest BCUT2D eigenvalue weighted by atomic mass is 9.85. The van der Waals surface area contributed by atoms with Crippen LogP contribution in [0.4, 0.5) is 0 Å². The maximum Gasteiger partial charge on any atom is 0.145 e. The molecule has 2 rings (SSSR count). The lowest BCUT2D eigenvalue weighted by molar-refractivity contribution is -0.124. The molecule has 1 aromatic rings. The zero-order valence-corrected chi connectivity index (χ0v) is 9.71. The molecular weight excluding hydrogens is 184 g/mol. The Kier molecular flexibility index (Phi) is 2.41. The van der Waals surface area contributed by atoms with Gasteiger partial charge in [0.05, 0.1) is 5.41 Å². The number of Topliss-reactive ketones (excluding diaryl/α,β-unsaturated/α-hetero) is 1. The van der Waals surface area contributed by atoms with Gasteiger partial charge in [0.1, 0.15) is 5.78 Å². The Morgan fingerprint density at radius 1 is 1.20 bits per heavy atom. The largest absolute Gasteiger partial charge is 0.298 e. The van der Waals surface area contributed by atoms with Gasteiger partial charge in [-0.2, -0.15) is 0 Å². The van der Waals surface area contributed by atoms with Crippen molar-refractivity contribution in [3.05, 3.63) is 35.4 Å². The molecular formula is C14H18O. The van der Waals surface area contributed by atoms with E-state index in [1.807, 2.05) is 13.8 Å². The van der Waals surface area contributed by atoms with Crippen LogP contribution in [0.15, 0.2) is 24.3 Å². The number of hydrogen-bond acceptors (Lipinski definition) is 1. The monoisotopic (exact) mass is 202 g/mol. The van der Waals surface area contributed by atoms with E-state index in [1.165, 1.54) is 11.1 Å². The second-order valence-corrected chi connectivity index (χ2v) is 4.97. The Balaban J connectivity index is 2.30. The predicted octanol–water partition coefficient (Wildman–Crippen LogP) is 3.25. The van der Waals surface area contributed by atoms with Crippen molar-refractivity contribution in [2.45, 2.75) is 39.0 Å². The lowest BCUT2D eigenvalue weighted by Crippen LogP contribution is -2.25. The van der Waals surface area contributed by atoms with Gasteiger partial charge in [0.15, 0.2) is 0 Å². The molecule has 0 saturated heterocycles. The number of carbonyl (C=O) groups excluding carboxylic acids is 1. The molecule has 15 heavy (non-hydrogen) atoms. The number of ketones is 1. The highest BCUT2D eigenvalue weighted by Gasteiger charge is 2.51. The van der Waals surface area contributed by atoms with Crippen molar-refractivity contribution < 1.29 is 4.79 Å². The van der Waals surface area contributed by atoms with Gasteiger partial charge in [-0.1, -0.05) is 43.7 Å². The molecule has 80 valence electrons. The van der Waals surface area contributed by atoms with Gasteiger partial charge in [-0.3, -0.25) is 4.79 Å². The molecule has 0 bridgehead atoms. The van der Waals surface area contributed by atoms with Crippen LogP contribution < -0.4 is 0 Å². The Hall–Kier alpha value is -1.11. The second kappa shape index (κ2) is 3.48. The Morgan fingerprint density at radius 2 is 1.73 bits per heavy atom. The molecule has 0 aromatic heterocycles. The van der Waals surface area contributed by atoms with E-state index in [4.69, 9.17) is 0 Å². The summed E-state index contributed by atoms with van der Waals surface area (Å²) in [5, 5.41) is 0. The first-order chi connectivity index (χ1) is 7.06. The first-order valence-corrected chi connectivity index (χ1v) is 5.68. The van der Waals surface area contributed by atoms with Crippen LogP contribution in [0.2, 0.25) is 0 Å². The summed E-state index contributed by atoms with van der Waals surface area (Å²) in [4.78, 5) is 12.1. The Labute approximate surface area is 91.5 Å². The number of hydrogen-bond donors (Lipinski definition) is 0. The summed E-state index contributed by atoms with van der Waals surface area (Å²) in [6, 6.07) is 8.43. The fourth-order valence-electron chi connectivity index (χ4n) is 2.23. The smallest absolute Gasteiger partial charge is 0.145 e. The molecule has 0 atom stereocenters. The lowest BCUT2D eigenvalue weighted by Gasteiger charge is -2.17. The molecule has 0 heterocycles. The van der Waals surface area contributed by atoms with Crippen LogP contribution in [0, 0.1) is 12.8 Å². The molecule has 1 saturated carbocycles. The molecule has 1 fully saturated rings. The topological polar surface area (TPSA) is 17.1 Å². The zero-order valence-electron chi connectivity index (χ0n) is 9.71. The van der Waals surface area contributed by atoms with Gasteiger partial charge in [-0.15, -0.1) is 0 Å². The van der Waals surface area contributed by atoms with Crippen LogP contribution >= 0.6 is 0 Å². The summed E-state index contributed by atoms with van der Waals surface area (Å²) in [6.45, 7) is 6.07. The van der Waals surface area contributed by atoms with Gasteiger partial charge in [0, 0.05) is 5.92 Å². The molecule has 0 spiro atoms.